The maximum Gasteiger partial charge on any atom is 0.241 e. The normalized spacial score (nSPS) is 16.2. The van der Waals surface area contributed by atoms with Crippen LogP contribution in [0.1, 0.15) is 0 Å². The van der Waals surface area contributed by atoms with Gasteiger partial charge in [-0.1, -0.05) is 18.2 Å². The molecule has 0 spiro atoms. The van der Waals surface area contributed by atoms with Gasteiger partial charge in [0.25, 0.3) is 0 Å². The van der Waals surface area contributed by atoms with E-state index >= 15 is 0 Å². The Balaban J connectivity index is 1.68. The molecule has 0 aromatic heterocycles. The lowest BCUT2D eigenvalue weighted by Gasteiger charge is -2.35. The Morgan fingerprint density at radius 1 is 1.14 bits per heavy atom. The van der Waals surface area contributed by atoms with E-state index in [0.29, 0.717) is 6.54 Å². The number of nitrogens with zero attached hydrogens (tertiary/aromatic N) is 3. The van der Waals surface area contributed by atoms with E-state index in [1.165, 1.54) is 0 Å². The lowest BCUT2D eigenvalue weighted by atomic mass is 10.3. The molecule has 21 heavy (non-hydrogen) atoms. The van der Waals surface area contributed by atoms with Crippen molar-refractivity contribution in [3.05, 3.63) is 30.3 Å². The molecule has 1 amide bonds. The van der Waals surface area contributed by atoms with Gasteiger partial charge in [-0.2, -0.15) is 0 Å². The number of carbonyl (C=O) groups is 1. The molecule has 0 unspecified atom stereocenters. The van der Waals surface area contributed by atoms with Crippen LogP contribution in [0.5, 0.6) is 0 Å². The molecule has 1 aromatic rings. The summed E-state index contributed by atoms with van der Waals surface area (Å²) < 4.78 is 0. The number of nitrogens with one attached hydrogen (secondary N) is 1. The highest BCUT2D eigenvalue weighted by Crippen LogP contribution is 2.06. The molecule has 2 rings (SSSR count). The first-order valence-electron chi connectivity index (χ1n) is 7.59. The molecular formula is C16H26N4O. The predicted molar refractivity (Wildman–Crippen MR) is 86.5 cm³/mol. The molecule has 1 heterocycles. The summed E-state index contributed by atoms with van der Waals surface area (Å²) in [5.74, 6) is 0.186. The molecule has 0 aliphatic carbocycles. The summed E-state index contributed by atoms with van der Waals surface area (Å²) in [4.78, 5) is 18.8. The van der Waals surface area contributed by atoms with Crippen LogP contribution in [0.15, 0.2) is 30.3 Å². The molecule has 1 fully saturated rings. The van der Waals surface area contributed by atoms with Crippen molar-refractivity contribution in [2.45, 2.75) is 0 Å². The van der Waals surface area contributed by atoms with Gasteiger partial charge in [0.05, 0.1) is 6.54 Å². The number of hydrogen-bond donors (Lipinski definition) is 1. The van der Waals surface area contributed by atoms with Crippen molar-refractivity contribution >= 4 is 11.6 Å². The van der Waals surface area contributed by atoms with Crippen molar-refractivity contribution < 1.29 is 4.79 Å². The minimum absolute atomic E-state index is 0.186. The molecule has 116 valence electrons. The fourth-order valence-corrected chi connectivity index (χ4v) is 2.41. The largest absolute Gasteiger partial charge is 0.376 e. The zero-order valence-electron chi connectivity index (χ0n) is 13.1. The van der Waals surface area contributed by atoms with E-state index in [1.54, 1.807) is 0 Å². The van der Waals surface area contributed by atoms with Crippen molar-refractivity contribution in [2.75, 3.05) is 65.2 Å². The zero-order chi connectivity index (χ0) is 15.1. The number of anilines is 1. The molecular weight excluding hydrogens is 264 g/mol. The number of amides is 1. The molecule has 1 aromatic carbocycles. The highest BCUT2D eigenvalue weighted by molar-refractivity contribution is 5.81. The van der Waals surface area contributed by atoms with E-state index in [2.05, 4.69) is 29.2 Å². The number of hydrogen-bond acceptors (Lipinski definition) is 4. The molecule has 5 nitrogen and oxygen atoms in total. The number of carbonyl (C=O) groups excluding carboxylic acids is 1. The van der Waals surface area contributed by atoms with Gasteiger partial charge in [0, 0.05) is 45.0 Å². The van der Waals surface area contributed by atoms with Gasteiger partial charge in [0.15, 0.2) is 0 Å². The van der Waals surface area contributed by atoms with Crippen LogP contribution in [0.2, 0.25) is 0 Å². The number of para-hydroxylation sites is 1. The lowest BCUT2D eigenvalue weighted by Crippen LogP contribution is -2.51. The Morgan fingerprint density at radius 3 is 2.43 bits per heavy atom. The number of piperazine rings is 1. The average Bonchev–Trinajstić information content (AvgIpc) is 2.52. The monoisotopic (exact) mass is 290 g/mol. The van der Waals surface area contributed by atoms with Gasteiger partial charge in [0.1, 0.15) is 0 Å². The summed E-state index contributed by atoms with van der Waals surface area (Å²) in [5.41, 5.74) is 0.996. The van der Waals surface area contributed by atoms with Crippen LogP contribution >= 0.6 is 0 Å². The number of likely N-dealkylation sites (N-methyl/N-ethyl adjacent to an activating group) is 1. The van der Waals surface area contributed by atoms with Crippen LogP contribution in [0.4, 0.5) is 5.69 Å². The SMILES string of the molecule is CN(C)CCN1CCN(C(=O)CNc2ccccc2)CC1. The molecule has 1 N–H and O–H groups in total. The third-order valence-electron chi connectivity index (χ3n) is 3.81. The summed E-state index contributed by atoms with van der Waals surface area (Å²) in [6, 6.07) is 9.87. The van der Waals surface area contributed by atoms with Crippen molar-refractivity contribution in [3.63, 3.8) is 0 Å². The average molecular weight is 290 g/mol. The van der Waals surface area contributed by atoms with E-state index < -0.39 is 0 Å². The fraction of sp³-hybridized carbons (Fsp3) is 0.562. The van der Waals surface area contributed by atoms with Gasteiger partial charge in [0.2, 0.25) is 5.91 Å². The smallest absolute Gasteiger partial charge is 0.241 e. The van der Waals surface area contributed by atoms with Crippen LogP contribution in [0, 0.1) is 0 Å². The topological polar surface area (TPSA) is 38.8 Å². The van der Waals surface area contributed by atoms with E-state index in [9.17, 15) is 4.79 Å². The Bertz CT molecular complexity index is 427. The fourth-order valence-electron chi connectivity index (χ4n) is 2.41. The first kappa shape index (κ1) is 15.8. The number of rotatable bonds is 6. The van der Waals surface area contributed by atoms with Gasteiger partial charge < -0.3 is 15.1 Å². The summed E-state index contributed by atoms with van der Waals surface area (Å²) in [6.45, 7) is 6.16. The molecule has 0 saturated carbocycles. The minimum atomic E-state index is 0.186. The van der Waals surface area contributed by atoms with Crippen LogP contribution in [0.25, 0.3) is 0 Å². The van der Waals surface area contributed by atoms with Gasteiger partial charge in [-0.3, -0.25) is 9.69 Å². The molecule has 1 saturated heterocycles. The van der Waals surface area contributed by atoms with Crippen molar-refractivity contribution in [2.24, 2.45) is 0 Å². The van der Waals surface area contributed by atoms with E-state index in [0.717, 1.165) is 45.0 Å². The number of benzene rings is 1. The quantitative estimate of drug-likeness (QED) is 0.841. The van der Waals surface area contributed by atoms with Gasteiger partial charge in [-0.25, -0.2) is 0 Å². The van der Waals surface area contributed by atoms with Crippen molar-refractivity contribution in [3.8, 4) is 0 Å². The standard InChI is InChI=1S/C16H26N4O/c1-18(2)8-9-19-10-12-20(13-11-19)16(21)14-17-15-6-4-3-5-7-15/h3-7,17H,8-14H2,1-2H3. The van der Waals surface area contributed by atoms with E-state index in [1.807, 2.05) is 35.2 Å². The molecule has 5 heteroatoms. The van der Waals surface area contributed by atoms with E-state index in [-0.39, 0.29) is 5.91 Å². The zero-order valence-corrected chi connectivity index (χ0v) is 13.1. The van der Waals surface area contributed by atoms with Gasteiger partial charge in [-0.15, -0.1) is 0 Å². The molecule has 0 bridgehead atoms. The second kappa shape index (κ2) is 8.00. The third-order valence-corrected chi connectivity index (χ3v) is 3.81. The first-order valence-corrected chi connectivity index (χ1v) is 7.59. The second-order valence-electron chi connectivity index (χ2n) is 5.75. The van der Waals surface area contributed by atoms with Gasteiger partial charge >= 0.3 is 0 Å². The molecule has 0 radical (unpaired) electrons. The molecule has 1 aliphatic heterocycles. The predicted octanol–water partition coefficient (Wildman–Crippen LogP) is 0.804. The van der Waals surface area contributed by atoms with Crippen LogP contribution in [-0.2, 0) is 4.79 Å². The second-order valence-corrected chi connectivity index (χ2v) is 5.75. The van der Waals surface area contributed by atoms with E-state index in [4.69, 9.17) is 0 Å². The molecule has 0 atom stereocenters. The Kier molecular flexibility index (Phi) is 6.02. The summed E-state index contributed by atoms with van der Waals surface area (Å²) >= 11 is 0. The summed E-state index contributed by atoms with van der Waals surface area (Å²) in [7, 11) is 4.18. The summed E-state index contributed by atoms with van der Waals surface area (Å²) in [5, 5.41) is 3.18. The first-order chi connectivity index (χ1) is 10.1. The van der Waals surface area contributed by atoms with Gasteiger partial charge in [-0.05, 0) is 26.2 Å². The van der Waals surface area contributed by atoms with Crippen molar-refractivity contribution in [1.29, 1.82) is 0 Å². The van der Waals surface area contributed by atoms with Crippen molar-refractivity contribution in [1.82, 2.24) is 14.7 Å². The highest BCUT2D eigenvalue weighted by atomic mass is 16.2. The minimum Gasteiger partial charge on any atom is -0.376 e. The third kappa shape index (κ3) is 5.36. The Labute approximate surface area is 127 Å². The summed E-state index contributed by atoms with van der Waals surface area (Å²) in [6.07, 6.45) is 0. The van der Waals surface area contributed by atoms with Crippen LogP contribution < -0.4 is 5.32 Å². The van der Waals surface area contributed by atoms with Crippen LogP contribution in [0.3, 0.4) is 0 Å². The van der Waals surface area contributed by atoms with Crippen LogP contribution in [-0.4, -0.2) is 80.5 Å². The Hall–Kier alpha value is -1.59. The highest BCUT2D eigenvalue weighted by Gasteiger charge is 2.20. The molecule has 1 aliphatic rings. The Morgan fingerprint density at radius 2 is 1.81 bits per heavy atom. The lowest BCUT2D eigenvalue weighted by molar-refractivity contribution is -0.131. The maximum absolute atomic E-state index is 12.2. The maximum atomic E-state index is 12.2.